The van der Waals surface area contributed by atoms with E-state index in [4.69, 9.17) is 5.73 Å². The Balaban J connectivity index is 2.02. The SMILES string of the molecule is CC(C)C[C@@H](NC(=O)C1=C[C@@H](NC(=O)NC2CCCCC2)[C@@H](O)[C@H](O)C1)C(N)=O. The summed E-state index contributed by atoms with van der Waals surface area (Å²) in [5.41, 5.74) is 5.56. The number of hydrogen-bond donors (Lipinski definition) is 6. The second kappa shape index (κ2) is 10.6. The van der Waals surface area contributed by atoms with Gasteiger partial charge in [-0.1, -0.05) is 39.2 Å². The molecule has 1 fully saturated rings. The first kappa shape index (κ1) is 23.2. The van der Waals surface area contributed by atoms with E-state index in [1.54, 1.807) is 0 Å². The van der Waals surface area contributed by atoms with Crippen LogP contribution in [0.4, 0.5) is 4.79 Å². The second-order valence-corrected chi connectivity index (χ2v) is 8.49. The van der Waals surface area contributed by atoms with Gasteiger partial charge < -0.3 is 31.9 Å². The number of nitrogens with two attached hydrogens (primary N) is 1. The van der Waals surface area contributed by atoms with Crippen molar-refractivity contribution < 1.29 is 24.6 Å². The summed E-state index contributed by atoms with van der Waals surface area (Å²) in [5.74, 6) is -1.02. The Kier molecular flexibility index (Phi) is 8.45. The van der Waals surface area contributed by atoms with Gasteiger partial charge in [-0.15, -0.1) is 0 Å². The van der Waals surface area contributed by atoms with Crippen molar-refractivity contribution >= 4 is 17.8 Å². The monoisotopic (exact) mass is 410 g/mol. The van der Waals surface area contributed by atoms with Crippen molar-refractivity contribution in [2.45, 2.75) is 89.1 Å². The zero-order valence-electron chi connectivity index (χ0n) is 17.2. The number of urea groups is 1. The van der Waals surface area contributed by atoms with Crippen LogP contribution in [0.25, 0.3) is 0 Å². The van der Waals surface area contributed by atoms with Gasteiger partial charge in [-0.2, -0.15) is 0 Å². The first-order valence-electron chi connectivity index (χ1n) is 10.4. The van der Waals surface area contributed by atoms with E-state index in [-0.39, 0.29) is 24.0 Å². The van der Waals surface area contributed by atoms with E-state index in [2.05, 4.69) is 16.0 Å². The molecule has 0 unspecified atom stereocenters. The molecule has 7 N–H and O–H groups in total. The molecule has 4 amide bonds. The zero-order valence-corrected chi connectivity index (χ0v) is 17.2. The van der Waals surface area contributed by atoms with E-state index in [0.29, 0.717) is 6.42 Å². The highest BCUT2D eigenvalue weighted by Gasteiger charge is 2.34. The van der Waals surface area contributed by atoms with Crippen LogP contribution in [0.3, 0.4) is 0 Å². The first-order chi connectivity index (χ1) is 13.7. The third kappa shape index (κ3) is 7.01. The standard InChI is InChI=1S/C20H34N4O5/c1-11(2)8-15(18(21)27)23-19(28)12-9-14(17(26)16(25)10-12)24-20(29)22-13-6-4-3-5-7-13/h9,11,13-17,25-26H,3-8,10H2,1-2H3,(H2,21,27)(H,23,28)(H2,22,24,29)/t14-,15-,16-,17-/m1/s1. The van der Waals surface area contributed by atoms with Crippen LogP contribution in [0.1, 0.15) is 58.8 Å². The van der Waals surface area contributed by atoms with E-state index in [1.807, 2.05) is 13.8 Å². The number of amides is 4. The maximum atomic E-state index is 12.6. The summed E-state index contributed by atoms with van der Waals surface area (Å²) in [6.45, 7) is 3.82. The minimum atomic E-state index is -1.23. The van der Waals surface area contributed by atoms with E-state index in [9.17, 15) is 24.6 Å². The Bertz CT molecular complexity index is 630. The quantitative estimate of drug-likeness (QED) is 0.350. The Morgan fingerprint density at radius 1 is 1.14 bits per heavy atom. The lowest BCUT2D eigenvalue weighted by Crippen LogP contribution is -2.55. The minimum absolute atomic E-state index is 0.0808. The third-order valence-corrected chi connectivity index (χ3v) is 5.46. The molecule has 0 heterocycles. The topological polar surface area (TPSA) is 154 Å². The van der Waals surface area contributed by atoms with Gasteiger partial charge in [-0.25, -0.2) is 4.79 Å². The first-order valence-corrected chi connectivity index (χ1v) is 10.4. The van der Waals surface area contributed by atoms with Gasteiger partial charge in [0.05, 0.1) is 12.1 Å². The number of aliphatic hydroxyl groups is 2. The maximum Gasteiger partial charge on any atom is 0.315 e. The molecule has 0 aromatic rings. The lowest BCUT2D eigenvalue weighted by Gasteiger charge is -2.32. The molecule has 0 spiro atoms. The van der Waals surface area contributed by atoms with Crippen molar-refractivity contribution in [2.24, 2.45) is 11.7 Å². The fourth-order valence-corrected chi connectivity index (χ4v) is 3.86. The molecule has 2 aliphatic carbocycles. The largest absolute Gasteiger partial charge is 0.390 e. The predicted molar refractivity (Wildman–Crippen MR) is 108 cm³/mol. The Hall–Kier alpha value is -2.13. The van der Waals surface area contributed by atoms with Gasteiger partial charge in [0, 0.05) is 18.0 Å². The molecule has 2 aliphatic rings. The van der Waals surface area contributed by atoms with Crippen LogP contribution < -0.4 is 21.7 Å². The number of hydrogen-bond acceptors (Lipinski definition) is 5. The number of primary amides is 1. The number of nitrogens with one attached hydrogen (secondary N) is 3. The van der Waals surface area contributed by atoms with Gasteiger partial charge >= 0.3 is 6.03 Å². The summed E-state index contributed by atoms with van der Waals surface area (Å²) < 4.78 is 0. The van der Waals surface area contributed by atoms with Gasteiger partial charge in [0.2, 0.25) is 11.8 Å². The molecule has 164 valence electrons. The van der Waals surface area contributed by atoms with Gasteiger partial charge in [0.25, 0.3) is 0 Å². The van der Waals surface area contributed by atoms with Crippen LogP contribution in [-0.4, -0.2) is 58.4 Å². The summed E-state index contributed by atoms with van der Waals surface area (Å²) in [4.78, 5) is 36.5. The van der Waals surface area contributed by atoms with Gasteiger partial charge in [-0.3, -0.25) is 9.59 Å². The molecule has 9 heteroatoms. The van der Waals surface area contributed by atoms with E-state index >= 15 is 0 Å². The van der Waals surface area contributed by atoms with E-state index < -0.39 is 42.1 Å². The molecule has 0 aromatic carbocycles. The smallest absolute Gasteiger partial charge is 0.315 e. The average molecular weight is 411 g/mol. The van der Waals surface area contributed by atoms with Crippen molar-refractivity contribution in [3.63, 3.8) is 0 Å². The summed E-state index contributed by atoms with van der Waals surface area (Å²) in [5, 5.41) is 28.5. The molecule has 2 rings (SSSR count). The molecule has 1 saturated carbocycles. The van der Waals surface area contributed by atoms with Crippen LogP contribution in [0.5, 0.6) is 0 Å². The maximum absolute atomic E-state index is 12.6. The van der Waals surface area contributed by atoms with Crippen LogP contribution in [0, 0.1) is 5.92 Å². The van der Waals surface area contributed by atoms with Crippen LogP contribution in [0.15, 0.2) is 11.6 Å². The molecular weight excluding hydrogens is 376 g/mol. The fraction of sp³-hybridized carbons (Fsp3) is 0.750. The van der Waals surface area contributed by atoms with Crippen LogP contribution in [0.2, 0.25) is 0 Å². The summed E-state index contributed by atoms with van der Waals surface area (Å²) in [6, 6.07) is -2.09. The van der Waals surface area contributed by atoms with Gasteiger partial charge in [0.15, 0.2) is 0 Å². The van der Waals surface area contributed by atoms with E-state index in [0.717, 1.165) is 32.1 Å². The summed E-state index contributed by atoms with van der Waals surface area (Å²) >= 11 is 0. The van der Waals surface area contributed by atoms with Crippen molar-refractivity contribution in [3.05, 3.63) is 11.6 Å². The summed E-state index contributed by atoms with van der Waals surface area (Å²) in [6.07, 6.45) is 4.43. The van der Waals surface area contributed by atoms with Crippen molar-refractivity contribution in [2.75, 3.05) is 0 Å². The predicted octanol–water partition coefficient (Wildman–Crippen LogP) is 0.0550. The molecule has 9 nitrogen and oxygen atoms in total. The second-order valence-electron chi connectivity index (χ2n) is 8.49. The highest BCUT2D eigenvalue weighted by Crippen LogP contribution is 2.21. The lowest BCUT2D eigenvalue weighted by atomic mass is 9.89. The number of aliphatic hydroxyl groups excluding tert-OH is 2. The molecular formula is C20H34N4O5. The molecule has 0 radical (unpaired) electrons. The van der Waals surface area contributed by atoms with Crippen molar-refractivity contribution in [1.82, 2.24) is 16.0 Å². The third-order valence-electron chi connectivity index (χ3n) is 5.46. The molecule has 0 bridgehead atoms. The molecule has 0 saturated heterocycles. The van der Waals surface area contributed by atoms with Crippen LogP contribution in [-0.2, 0) is 9.59 Å². The van der Waals surface area contributed by atoms with Crippen LogP contribution >= 0.6 is 0 Å². The Labute approximate surface area is 171 Å². The fourth-order valence-electron chi connectivity index (χ4n) is 3.86. The highest BCUT2D eigenvalue weighted by molar-refractivity contribution is 5.97. The van der Waals surface area contributed by atoms with Gasteiger partial charge in [0.1, 0.15) is 12.1 Å². The molecule has 0 aliphatic heterocycles. The zero-order chi connectivity index (χ0) is 21.6. The number of rotatable bonds is 7. The molecule has 29 heavy (non-hydrogen) atoms. The van der Waals surface area contributed by atoms with Gasteiger partial charge in [-0.05, 0) is 25.2 Å². The highest BCUT2D eigenvalue weighted by atomic mass is 16.3. The minimum Gasteiger partial charge on any atom is -0.390 e. The summed E-state index contributed by atoms with van der Waals surface area (Å²) in [7, 11) is 0. The van der Waals surface area contributed by atoms with Crippen molar-refractivity contribution in [3.8, 4) is 0 Å². The number of carbonyl (C=O) groups is 3. The van der Waals surface area contributed by atoms with Crippen molar-refractivity contribution in [1.29, 1.82) is 0 Å². The molecule has 0 aromatic heterocycles. The Morgan fingerprint density at radius 2 is 1.79 bits per heavy atom. The lowest BCUT2D eigenvalue weighted by molar-refractivity contribution is -0.126. The average Bonchev–Trinajstić information content (AvgIpc) is 2.64. The molecule has 4 atom stereocenters. The normalized spacial score (nSPS) is 26.4. The number of carbonyl (C=O) groups excluding carboxylic acids is 3. The Morgan fingerprint density at radius 3 is 2.38 bits per heavy atom. The van der Waals surface area contributed by atoms with E-state index in [1.165, 1.54) is 6.08 Å².